The molecule has 2 amide bonds. The molecule has 33 heavy (non-hydrogen) atoms. The summed E-state index contributed by atoms with van der Waals surface area (Å²) >= 11 is 0. The molecule has 1 aromatic rings. The molecule has 2 aliphatic rings. The second-order valence-electron chi connectivity index (χ2n) is 7.74. The molecule has 3 rings (SSSR count). The summed E-state index contributed by atoms with van der Waals surface area (Å²) in [5.41, 5.74) is -0.706. The van der Waals surface area contributed by atoms with Crippen molar-refractivity contribution in [1.82, 2.24) is 14.9 Å². The molecule has 1 saturated carbocycles. The van der Waals surface area contributed by atoms with E-state index in [2.05, 4.69) is 20.0 Å². The van der Waals surface area contributed by atoms with Gasteiger partial charge in [0.15, 0.2) is 0 Å². The SMILES string of the molecule is O=C(Nc1cnc(C(F)(F)F)nc1)C1CC12CCN(C(=O)OC(C(F)(F)F)C(F)(F)F)CC2. The normalized spacial score (nSPS) is 20.7. The molecule has 1 aliphatic heterocycles. The van der Waals surface area contributed by atoms with Crippen LogP contribution in [0.2, 0.25) is 0 Å². The third-order valence-electron chi connectivity index (χ3n) is 5.51. The maximum absolute atomic E-state index is 12.6. The fourth-order valence-electron chi connectivity index (χ4n) is 3.67. The number of aromatic nitrogens is 2. The second-order valence-corrected chi connectivity index (χ2v) is 7.74. The number of carbonyl (C=O) groups is 2. The Labute approximate surface area is 179 Å². The van der Waals surface area contributed by atoms with Gasteiger partial charge >= 0.3 is 24.6 Å². The highest BCUT2D eigenvalue weighted by Gasteiger charge is 2.61. The lowest BCUT2D eigenvalue weighted by molar-refractivity contribution is -0.308. The molecule has 1 aliphatic carbocycles. The van der Waals surface area contributed by atoms with Gasteiger partial charge in [0.25, 0.3) is 6.10 Å². The van der Waals surface area contributed by atoms with E-state index in [4.69, 9.17) is 0 Å². The lowest BCUT2D eigenvalue weighted by Crippen LogP contribution is -2.49. The van der Waals surface area contributed by atoms with Gasteiger partial charge in [-0.25, -0.2) is 14.8 Å². The molecule has 1 spiro atoms. The first kappa shape index (κ1) is 24.8. The van der Waals surface area contributed by atoms with Crippen molar-refractivity contribution in [3.8, 4) is 0 Å². The Morgan fingerprint density at radius 3 is 1.97 bits per heavy atom. The topological polar surface area (TPSA) is 84.4 Å². The van der Waals surface area contributed by atoms with Gasteiger partial charge in [-0.2, -0.15) is 39.5 Å². The molecule has 0 bridgehead atoms. The van der Waals surface area contributed by atoms with Crippen molar-refractivity contribution in [2.45, 2.75) is 43.9 Å². The Bertz CT molecular complexity index is 877. The number of nitrogens with one attached hydrogen (secondary N) is 1. The van der Waals surface area contributed by atoms with Gasteiger partial charge in [-0.15, -0.1) is 0 Å². The predicted octanol–water partition coefficient (Wildman–Crippen LogP) is 4.17. The fraction of sp³-hybridized carbons (Fsp3) is 0.647. The zero-order valence-electron chi connectivity index (χ0n) is 16.3. The summed E-state index contributed by atoms with van der Waals surface area (Å²) in [5, 5.41) is 2.36. The first-order valence-corrected chi connectivity index (χ1v) is 9.32. The van der Waals surface area contributed by atoms with E-state index in [-0.39, 0.29) is 31.6 Å². The zero-order valence-corrected chi connectivity index (χ0v) is 16.3. The van der Waals surface area contributed by atoms with Crippen molar-refractivity contribution in [3.63, 3.8) is 0 Å². The molecule has 2 fully saturated rings. The van der Waals surface area contributed by atoms with E-state index < -0.39 is 53.8 Å². The number of alkyl halides is 9. The molecule has 0 aromatic carbocycles. The summed E-state index contributed by atoms with van der Waals surface area (Å²) in [6, 6.07) is 0. The maximum atomic E-state index is 12.6. The van der Waals surface area contributed by atoms with E-state index in [0.29, 0.717) is 11.3 Å². The van der Waals surface area contributed by atoms with Gasteiger partial charge in [0, 0.05) is 19.0 Å². The lowest BCUT2D eigenvalue weighted by Gasteiger charge is -2.33. The summed E-state index contributed by atoms with van der Waals surface area (Å²) < 4.78 is 116. The average Bonchev–Trinajstić information content (AvgIpc) is 3.38. The summed E-state index contributed by atoms with van der Waals surface area (Å²) in [4.78, 5) is 31.1. The molecule has 1 saturated heterocycles. The van der Waals surface area contributed by atoms with Crippen molar-refractivity contribution in [2.24, 2.45) is 11.3 Å². The Morgan fingerprint density at radius 2 is 1.52 bits per heavy atom. The quantitative estimate of drug-likeness (QED) is 0.638. The number of piperidine rings is 1. The van der Waals surface area contributed by atoms with Crippen molar-refractivity contribution >= 4 is 17.7 Å². The standard InChI is InChI=1S/C17H15F9N4O3/c18-15(19,20)11(16(21,22)23)33-13(32)30-3-1-14(2-4-30)5-9(14)10(31)29-8-6-27-12(28-7-8)17(24,25)26/h6-7,9,11H,1-5H2,(H,29,31). The average molecular weight is 494 g/mol. The summed E-state index contributed by atoms with van der Waals surface area (Å²) in [7, 11) is 0. The van der Waals surface area contributed by atoms with Crippen LogP contribution >= 0.6 is 0 Å². The fourth-order valence-corrected chi connectivity index (χ4v) is 3.67. The van der Waals surface area contributed by atoms with E-state index in [1.165, 1.54) is 0 Å². The molecule has 1 aromatic heterocycles. The molecule has 1 unspecified atom stereocenters. The molecule has 184 valence electrons. The highest BCUT2D eigenvalue weighted by atomic mass is 19.4. The number of nitrogens with zero attached hydrogens (tertiary/aromatic N) is 3. The number of likely N-dealkylation sites (tertiary alicyclic amines) is 1. The Balaban J connectivity index is 1.53. The van der Waals surface area contributed by atoms with E-state index in [1.807, 2.05) is 0 Å². The number of rotatable bonds is 3. The van der Waals surface area contributed by atoms with Crippen LogP contribution in [0, 0.1) is 11.3 Å². The first-order chi connectivity index (χ1) is 15.0. The predicted molar refractivity (Wildman–Crippen MR) is 89.4 cm³/mol. The molecule has 0 radical (unpaired) electrons. The summed E-state index contributed by atoms with van der Waals surface area (Å²) in [6.07, 6.45) is -20.3. The molecular formula is C17H15F9N4O3. The zero-order chi connectivity index (χ0) is 24.8. The van der Waals surface area contributed by atoms with Gasteiger partial charge in [0.1, 0.15) is 0 Å². The van der Waals surface area contributed by atoms with Crippen molar-refractivity contribution in [2.75, 3.05) is 18.4 Å². The van der Waals surface area contributed by atoms with E-state index in [0.717, 1.165) is 12.4 Å². The highest BCUT2D eigenvalue weighted by Crippen LogP contribution is 2.59. The van der Waals surface area contributed by atoms with E-state index >= 15 is 0 Å². The van der Waals surface area contributed by atoms with Crippen LogP contribution in [0.3, 0.4) is 0 Å². The molecule has 7 nitrogen and oxygen atoms in total. The van der Waals surface area contributed by atoms with Crippen LogP contribution in [0.4, 0.5) is 50.0 Å². The van der Waals surface area contributed by atoms with E-state index in [9.17, 15) is 49.1 Å². The third-order valence-corrected chi connectivity index (χ3v) is 5.51. The molecule has 1 N–H and O–H groups in total. The van der Waals surface area contributed by atoms with Crippen molar-refractivity contribution < 1.29 is 53.8 Å². The monoisotopic (exact) mass is 494 g/mol. The first-order valence-electron chi connectivity index (χ1n) is 9.32. The number of halogens is 9. The van der Waals surface area contributed by atoms with Crippen LogP contribution in [0.1, 0.15) is 25.1 Å². The minimum Gasteiger partial charge on any atom is -0.426 e. The van der Waals surface area contributed by atoms with Gasteiger partial charge in [0.05, 0.1) is 18.1 Å². The number of hydrogen-bond acceptors (Lipinski definition) is 5. The van der Waals surface area contributed by atoms with Crippen molar-refractivity contribution in [3.05, 3.63) is 18.2 Å². The smallest absolute Gasteiger partial charge is 0.426 e. The summed E-state index contributed by atoms with van der Waals surface area (Å²) in [5.74, 6) is -2.54. The van der Waals surface area contributed by atoms with Gasteiger partial charge in [0.2, 0.25) is 11.7 Å². The van der Waals surface area contributed by atoms with Crippen LogP contribution in [0.25, 0.3) is 0 Å². The molecule has 2 heterocycles. The van der Waals surface area contributed by atoms with Gasteiger partial charge < -0.3 is 15.0 Å². The van der Waals surface area contributed by atoms with E-state index in [1.54, 1.807) is 0 Å². The number of hydrogen-bond donors (Lipinski definition) is 1. The van der Waals surface area contributed by atoms with Crippen molar-refractivity contribution in [1.29, 1.82) is 0 Å². The molecule has 16 heteroatoms. The number of amides is 2. The van der Waals surface area contributed by atoms with Gasteiger partial charge in [-0.3, -0.25) is 4.79 Å². The number of carbonyl (C=O) groups excluding carboxylic acids is 2. The number of anilines is 1. The Kier molecular flexibility index (Phi) is 6.17. The van der Waals surface area contributed by atoms with Crippen LogP contribution < -0.4 is 5.32 Å². The van der Waals surface area contributed by atoms with Crippen LogP contribution in [0.15, 0.2) is 12.4 Å². The second kappa shape index (κ2) is 8.20. The van der Waals surface area contributed by atoms with Crippen LogP contribution in [-0.4, -0.2) is 58.4 Å². The van der Waals surface area contributed by atoms with Crippen LogP contribution in [0.5, 0.6) is 0 Å². The number of ether oxygens (including phenoxy) is 1. The highest BCUT2D eigenvalue weighted by molar-refractivity contribution is 5.94. The maximum Gasteiger partial charge on any atom is 0.451 e. The lowest BCUT2D eigenvalue weighted by atomic mass is 9.91. The van der Waals surface area contributed by atoms with Gasteiger partial charge in [-0.05, 0) is 24.7 Å². The third kappa shape index (κ3) is 5.58. The minimum absolute atomic E-state index is 0.0820. The Hall–Kier alpha value is -2.81. The largest absolute Gasteiger partial charge is 0.451 e. The van der Waals surface area contributed by atoms with Gasteiger partial charge in [-0.1, -0.05) is 0 Å². The molecular weight excluding hydrogens is 479 g/mol. The minimum atomic E-state index is -5.83. The molecule has 1 atom stereocenters. The summed E-state index contributed by atoms with van der Waals surface area (Å²) in [6.45, 7) is -0.455. The van der Waals surface area contributed by atoms with Crippen LogP contribution in [-0.2, 0) is 15.7 Å². The Morgan fingerprint density at radius 1 is 1.00 bits per heavy atom.